The van der Waals surface area contributed by atoms with Crippen LogP contribution in [0.5, 0.6) is 0 Å². The summed E-state index contributed by atoms with van der Waals surface area (Å²) in [4.78, 5) is 26.3. The number of aromatic amines is 1. The van der Waals surface area contributed by atoms with E-state index in [9.17, 15) is 9.59 Å². The van der Waals surface area contributed by atoms with Crippen molar-refractivity contribution in [1.82, 2.24) is 20.3 Å². The van der Waals surface area contributed by atoms with Crippen molar-refractivity contribution in [2.45, 2.75) is 57.8 Å². The SMILES string of the molecule is Cc1cc(-c2cc(=O)[nH]nc2C2CCN(C(=O)CC3CCCC3)CC2)on1. The first-order chi connectivity index (χ1) is 13.1. The molecule has 144 valence electrons. The Morgan fingerprint density at radius 1 is 1.22 bits per heavy atom. The first-order valence-corrected chi connectivity index (χ1v) is 9.91. The van der Waals surface area contributed by atoms with E-state index in [2.05, 4.69) is 15.4 Å². The van der Waals surface area contributed by atoms with Crippen LogP contribution in [-0.2, 0) is 4.79 Å². The third-order valence-corrected chi connectivity index (χ3v) is 5.90. The number of aryl methyl sites for hydroxylation is 1. The van der Waals surface area contributed by atoms with Gasteiger partial charge in [0, 0.05) is 43.1 Å². The average molecular weight is 370 g/mol. The van der Waals surface area contributed by atoms with Crippen LogP contribution in [-0.4, -0.2) is 39.3 Å². The molecule has 3 heterocycles. The summed E-state index contributed by atoms with van der Waals surface area (Å²) in [6, 6.07) is 3.35. The van der Waals surface area contributed by atoms with Crippen molar-refractivity contribution >= 4 is 5.91 Å². The summed E-state index contributed by atoms with van der Waals surface area (Å²) < 4.78 is 5.36. The second-order valence-electron chi connectivity index (χ2n) is 7.87. The summed E-state index contributed by atoms with van der Waals surface area (Å²) in [5.41, 5.74) is 2.04. The fraction of sp³-hybridized carbons (Fsp3) is 0.600. The van der Waals surface area contributed by atoms with Gasteiger partial charge in [-0.15, -0.1) is 0 Å². The van der Waals surface area contributed by atoms with Gasteiger partial charge in [0.25, 0.3) is 5.56 Å². The van der Waals surface area contributed by atoms with Crippen molar-refractivity contribution in [2.75, 3.05) is 13.1 Å². The number of nitrogens with one attached hydrogen (secondary N) is 1. The highest BCUT2D eigenvalue weighted by Crippen LogP contribution is 2.34. The maximum atomic E-state index is 12.6. The van der Waals surface area contributed by atoms with Crippen LogP contribution < -0.4 is 5.56 Å². The number of rotatable bonds is 4. The molecule has 7 nitrogen and oxygen atoms in total. The van der Waals surface area contributed by atoms with Crippen molar-refractivity contribution < 1.29 is 9.32 Å². The van der Waals surface area contributed by atoms with E-state index in [1.54, 1.807) is 0 Å². The van der Waals surface area contributed by atoms with E-state index in [0.717, 1.165) is 37.3 Å². The number of piperidine rings is 1. The van der Waals surface area contributed by atoms with Crippen LogP contribution in [0.1, 0.15) is 62.3 Å². The highest BCUT2D eigenvalue weighted by Gasteiger charge is 2.29. The smallest absolute Gasteiger partial charge is 0.264 e. The van der Waals surface area contributed by atoms with Crippen molar-refractivity contribution in [1.29, 1.82) is 0 Å². The van der Waals surface area contributed by atoms with Gasteiger partial charge in [0.05, 0.1) is 11.4 Å². The molecule has 2 aromatic heterocycles. The second kappa shape index (κ2) is 7.66. The third-order valence-electron chi connectivity index (χ3n) is 5.90. The molecule has 0 bridgehead atoms. The van der Waals surface area contributed by atoms with Crippen molar-refractivity contribution in [3.8, 4) is 11.3 Å². The monoisotopic (exact) mass is 370 g/mol. The van der Waals surface area contributed by atoms with Gasteiger partial charge in [0.15, 0.2) is 5.76 Å². The molecule has 1 aliphatic heterocycles. The number of amides is 1. The Morgan fingerprint density at radius 3 is 2.63 bits per heavy atom. The van der Waals surface area contributed by atoms with Crippen LogP contribution in [0.15, 0.2) is 21.5 Å². The van der Waals surface area contributed by atoms with Crippen LogP contribution in [0.3, 0.4) is 0 Å². The Balaban J connectivity index is 1.45. The molecule has 0 atom stereocenters. The minimum Gasteiger partial charge on any atom is -0.356 e. The minimum absolute atomic E-state index is 0.192. The Kier molecular flexibility index (Phi) is 5.09. The van der Waals surface area contributed by atoms with Gasteiger partial charge in [-0.3, -0.25) is 9.59 Å². The second-order valence-corrected chi connectivity index (χ2v) is 7.87. The number of nitrogens with zero attached hydrogens (tertiary/aromatic N) is 3. The standard InChI is InChI=1S/C20H26N4O3/c1-13-10-17(27-23-13)16-12-18(25)21-22-20(16)15-6-8-24(9-7-15)19(26)11-14-4-2-3-5-14/h10,12,14-15H,2-9,11H2,1H3,(H,21,25). The average Bonchev–Trinajstić information content (AvgIpc) is 3.33. The lowest BCUT2D eigenvalue weighted by Gasteiger charge is -2.32. The lowest BCUT2D eigenvalue weighted by atomic mass is 9.89. The molecule has 0 unspecified atom stereocenters. The van der Waals surface area contributed by atoms with Crippen LogP contribution in [0.2, 0.25) is 0 Å². The van der Waals surface area contributed by atoms with Gasteiger partial charge in [0.1, 0.15) is 0 Å². The fourth-order valence-electron chi connectivity index (χ4n) is 4.40. The van der Waals surface area contributed by atoms with E-state index in [-0.39, 0.29) is 11.5 Å². The molecule has 4 rings (SSSR count). The zero-order chi connectivity index (χ0) is 18.8. The zero-order valence-electron chi connectivity index (χ0n) is 15.7. The maximum Gasteiger partial charge on any atom is 0.264 e. The van der Waals surface area contributed by atoms with Gasteiger partial charge in [-0.25, -0.2) is 5.10 Å². The van der Waals surface area contributed by atoms with Gasteiger partial charge >= 0.3 is 0 Å². The van der Waals surface area contributed by atoms with Crippen LogP contribution in [0, 0.1) is 12.8 Å². The Bertz CT molecular complexity index is 858. The summed E-state index contributed by atoms with van der Waals surface area (Å²) in [6.45, 7) is 3.33. The number of hydrogen-bond acceptors (Lipinski definition) is 5. The number of hydrogen-bond donors (Lipinski definition) is 1. The van der Waals surface area contributed by atoms with Gasteiger partial charge in [0.2, 0.25) is 5.91 Å². The lowest BCUT2D eigenvalue weighted by molar-refractivity contribution is -0.133. The molecular weight excluding hydrogens is 344 g/mol. The highest BCUT2D eigenvalue weighted by atomic mass is 16.5. The molecule has 1 saturated carbocycles. The number of carbonyl (C=O) groups is 1. The molecule has 2 fully saturated rings. The van der Waals surface area contributed by atoms with Crippen LogP contribution >= 0.6 is 0 Å². The van der Waals surface area contributed by atoms with Crippen molar-refractivity contribution in [2.24, 2.45) is 5.92 Å². The normalized spacial score (nSPS) is 18.9. The van der Waals surface area contributed by atoms with E-state index in [0.29, 0.717) is 29.6 Å². The molecular formula is C20H26N4O3. The number of carbonyl (C=O) groups excluding carboxylic acids is 1. The number of H-pyrrole nitrogens is 1. The van der Waals surface area contributed by atoms with Gasteiger partial charge < -0.3 is 9.42 Å². The van der Waals surface area contributed by atoms with Crippen molar-refractivity contribution in [3.63, 3.8) is 0 Å². The number of aromatic nitrogens is 3. The summed E-state index contributed by atoms with van der Waals surface area (Å²) >= 11 is 0. The van der Waals surface area contributed by atoms with Gasteiger partial charge in [-0.05, 0) is 38.5 Å². The molecule has 2 aliphatic rings. The largest absolute Gasteiger partial charge is 0.356 e. The summed E-state index contributed by atoms with van der Waals surface area (Å²) in [7, 11) is 0. The van der Waals surface area contributed by atoms with Crippen LogP contribution in [0.25, 0.3) is 11.3 Å². The van der Waals surface area contributed by atoms with Gasteiger partial charge in [-0.2, -0.15) is 5.10 Å². The minimum atomic E-state index is -0.257. The van der Waals surface area contributed by atoms with E-state index < -0.39 is 0 Å². The molecule has 0 spiro atoms. The van der Waals surface area contributed by atoms with E-state index >= 15 is 0 Å². The first kappa shape index (κ1) is 17.9. The summed E-state index contributed by atoms with van der Waals surface area (Å²) in [5, 5.41) is 10.8. The zero-order valence-corrected chi connectivity index (χ0v) is 15.7. The first-order valence-electron chi connectivity index (χ1n) is 9.91. The van der Waals surface area contributed by atoms with Crippen molar-refractivity contribution in [3.05, 3.63) is 33.9 Å². The quantitative estimate of drug-likeness (QED) is 0.893. The lowest BCUT2D eigenvalue weighted by Crippen LogP contribution is -2.38. The Morgan fingerprint density at radius 2 is 1.96 bits per heavy atom. The number of likely N-dealkylation sites (tertiary alicyclic amines) is 1. The van der Waals surface area contributed by atoms with Gasteiger partial charge in [-0.1, -0.05) is 18.0 Å². The van der Waals surface area contributed by atoms with E-state index in [1.807, 2.05) is 17.9 Å². The predicted octanol–water partition coefficient (Wildman–Crippen LogP) is 3.02. The molecule has 2 aromatic rings. The highest BCUT2D eigenvalue weighted by molar-refractivity contribution is 5.76. The predicted molar refractivity (Wildman–Crippen MR) is 100 cm³/mol. The third kappa shape index (κ3) is 3.96. The Labute approximate surface area is 158 Å². The molecule has 1 saturated heterocycles. The fourth-order valence-corrected chi connectivity index (χ4v) is 4.40. The molecule has 0 radical (unpaired) electrons. The Hall–Kier alpha value is -2.44. The van der Waals surface area contributed by atoms with E-state index in [4.69, 9.17) is 4.52 Å². The summed E-state index contributed by atoms with van der Waals surface area (Å²) in [5.74, 6) is 1.64. The maximum absolute atomic E-state index is 12.6. The van der Waals surface area contributed by atoms with Crippen LogP contribution in [0.4, 0.5) is 0 Å². The topological polar surface area (TPSA) is 92.1 Å². The molecule has 1 amide bonds. The molecule has 7 heteroatoms. The molecule has 0 aromatic carbocycles. The van der Waals surface area contributed by atoms with E-state index in [1.165, 1.54) is 31.7 Å². The summed E-state index contributed by atoms with van der Waals surface area (Å²) in [6.07, 6.45) is 7.31. The molecule has 1 aliphatic carbocycles. The molecule has 27 heavy (non-hydrogen) atoms. The molecule has 1 N–H and O–H groups in total.